The standard InChI is InChI=1S/C14H21N3OS/c1-10-7-11-3-5-16(10)9-13(11)15-14(18)17-6-4-12(8-17)19-2/h4,6,8,10-11,13H,3,5,7,9H2,1-2H3,(H,15,18)/t10?,11?,13-/m0/s1. The molecule has 1 N–H and O–H groups in total. The first kappa shape index (κ1) is 13.1. The van der Waals surface area contributed by atoms with E-state index < -0.39 is 0 Å². The molecule has 0 aromatic carbocycles. The minimum absolute atomic E-state index is 0.00621. The molecule has 1 aromatic rings. The van der Waals surface area contributed by atoms with Crippen LogP contribution in [0.15, 0.2) is 23.4 Å². The first-order chi connectivity index (χ1) is 9.17. The maximum absolute atomic E-state index is 12.2. The van der Waals surface area contributed by atoms with Crippen LogP contribution in [0.2, 0.25) is 0 Å². The minimum Gasteiger partial charge on any atom is -0.333 e. The molecule has 4 atom stereocenters. The molecule has 0 spiro atoms. The van der Waals surface area contributed by atoms with Crippen molar-refractivity contribution in [2.45, 2.75) is 36.7 Å². The fraction of sp³-hybridized carbons (Fsp3) is 0.643. The number of piperidine rings is 3. The second-order valence-electron chi connectivity index (χ2n) is 5.64. The summed E-state index contributed by atoms with van der Waals surface area (Å²) >= 11 is 1.66. The van der Waals surface area contributed by atoms with E-state index in [-0.39, 0.29) is 6.03 Å². The first-order valence-corrected chi connectivity index (χ1v) is 8.16. The maximum atomic E-state index is 12.2. The summed E-state index contributed by atoms with van der Waals surface area (Å²) in [5.41, 5.74) is 0. The van der Waals surface area contributed by atoms with Gasteiger partial charge in [0.05, 0.1) is 0 Å². The molecule has 5 heteroatoms. The lowest BCUT2D eigenvalue weighted by Gasteiger charge is -2.48. The Morgan fingerprint density at radius 1 is 1.53 bits per heavy atom. The number of rotatable bonds is 2. The van der Waals surface area contributed by atoms with Crippen molar-refractivity contribution in [2.75, 3.05) is 19.3 Å². The van der Waals surface area contributed by atoms with Gasteiger partial charge in [-0.2, -0.15) is 0 Å². The van der Waals surface area contributed by atoms with Gasteiger partial charge in [-0.1, -0.05) is 0 Å². The largest absolute Gasteiger partial charge is 0.333 e. The van der Waals surface area contributed by atoms with Crippen LogP contribution in [0.5, 0.6) is 0 Å². The second kappa shape index (κ2) is 5.21. The Morgan fingerprint density at radius 3 is 2.95 bits per heavy atom. The molecular formula is C14H21N3OS. The number of nitrogens with one attached hydrogen (secondary N) is 1. The SMILES string of the molecule is CSc1ccn(C(=O)N[C@H]2CN3CCC2CC3C)c1. The average molecular weight is 279 g/mol. The quantitative estimate of drug-likeness (QED) is 0.844. The molecule has 3 unspecified atom stereocenters. The lowest BCUT2D eigenvalue weighted by Crippen LogP contribution is -2.60. The van der Waals surface area contributed by atoms with Crippen molar-refractivity contribution >= 4 is 17.8 Å². The maximum Gasteiger partial charge on any atom is 0.325 e. The highest BCUT2D eigenvalue weighted by Crippen LogP contribution is 2.31. The predicted octanol–water partition coefficient (Wildman–Crippen LogP) is 2.25. The molecule has 0 saturated carbocycles. The van der Waals surface area contributed by atoms with E-state index in [1.54, 1.807) is 16.3 Å². The van der Waals surface area contributed by atoms with E-state index >= 15 is 0 Å². The van der Waals surface area contributed by atoms with Gasteiger partial charge in [-0.25, -0.2) is 4.79 Å². The van der Waals surface area contributed by atoms with Crippen molar-refractivity contribution in [2.24, 2.45) is 5.92 Å². The van der Waals surface area contributed by atoms with Gasteiger partial charge < -0.3 is 5.32 Å². The molecule has 104 valence electrons. The van der Waals surface area contributed by atoms with E-state index in [0.29, 0.717) is 18.0 Å². The van der Waals surface area contributed by atoms with E-state index in [9.17, 15) is 4.79 Å². The fourth-order valence-corrected chi connectivity index (χ4v) is 3.73. The number of hydrogen-bond acceptors (Lipinski definition) is 3. The zero-order valence-electron chi connectivity index (χ0n) is 11.5. The summed E-state index contributed by atoms with van der Waals surface area (Å²) in [5, 5.41) is 3.20. The zero-order valence-corrected chi connectivity index (χ0v) is 12.3. The van der Waals surface area contributed by atoms with Gasteiger partial charge in [0.15, 0.2) is 0 Å². The number of carbonyl (C=O) groups is 1. The van der Waals surface area contributed by atoms with Gasteiger partial charge in [0.1, 0.15) is 0 Å². The van der Waals surface area contributed by atoms with Crippen molar-refractivity contribution in [1.29, 1.82) is 0 Å². The summed E-state index contributed by atoms with van der Waals surface area (Å²) in [7, 11) is 0. The van der Waals surface area contributed by atoms with E-state index in [1.165, 1.54) is 19.4 Å². The third kappa shape index (κ3) is 2.54. The van der Waals surface area contributed by atoms with Crippen LogP contribution in [0.25, 0.3) is 0 Å². The molecule has 2 bridgehead atoms. The Bertz CT molecular complexity index is 473. The molecule has 3 fully saturated rings. The number of carbonyl (C=O) groups excluding carboxylic acids is 1. The van der Waals surface area contributed by atoms with Gasteiger partial charge in [0.25, 0.3) is 0 Å². The molecule has 0 radical (unpaired) electrons. The third-order valence-corrected chi connectivity index (χ3v) is 5.21. The van der Waals surface area contributed by atoms with Crippen LogP contribution in [0, 0.1) is 5.92 Å². The van der Waals surface area contributed by atoms with E-state index in [4.69, 9.17) is 0 Å². The van der Waals surface area contributed by atoms with Crippen molar-refractivity contribution in [1.82, 2.24) is 14.8 Å². The van der Waals surface area contributed by atoms with Crippen LogP contribution in [0.1, 0.15) is 19.8 Å². The lowest BCUT2D eigenvalue weighted by atomic mass is 9.80. The van der Waals surface area contributed by atoms with Crippen LogP contribution in [-0.2, 0) is 0 Å². The Labute approximate surface area is 118 Å². The van der Waals surface area contributed by atoms with Crippen LogP contribution < -0.4 is 5.32 Å². The molecule has 1 amide bonds. The van der Waals surface area contributed by atoms with Crippen LogP contribution in [0.3, 0.4) is 0 Å². The molecule has 3 saturated heterocycles. The Hall–Kier alpha value is -0.940. The van der Waals surface area contributed by atoms with Crippen molar-refractivity contribution in [3.05, 3.63) is 18.5 Å². The molecule has 4 nitrogen and oxygen atoms in total. The summed E-state index contributed by atoms with van der Waals surface area (Å²) in [6.45, 7) is 4.49. The highest BCUT2D eigenvalue weighted by molar-refractivity contribution is 7.98. The summed E-state index contributed by atoms with van der Waals surface area (Å²) in [5.74, 6) is 0.652. The van der Waals surface area contributed by atoms with Crippen molar-refractivity contribution in [3.63, 3.8) is 0 Å². The van der Waals surface area contributed by atoms with Gasteiger partial charge in [0.2, 0.25) is 0 Å². The van der Waals surface area contributed by atoms with Gasteiger partial charge in [0, 0.05) is 35.9 Å². The van der Waals surface area contributed by atoms with Crippen LogP contribution in [-0.4, -0.2) is 46.9 Å². The van der Waals surface area contributed by atoms with E-state index in [2.05, 4.69) is 17.1 Å². The first-order valence-electron chi connectivity index (χ1n) is 6.94. The van der Waals surface area contributed by atoms with Gasteiger partial charge in [-0.3, -0.25) is 9.47 Å². The van der Waals surface area contributed by atoms with E-state index in [0.717, 1.165) is 11.4 Å². The lowest BCUT2D eigenvalue weighted by molar-refractivity contribution is 0.0322. The second-order valence-corrected chi connectivity index (χ2v) is 6.52. The van der Waals surface area contributed by atoms with Crippen molar-refractivity contribution < 1.29 is 4.79 Å². The summed E-state index contributed by atoms with van der Waals surface area (Å²) < 4.78 is 1.66. The molecule has 0 aliphatic carbocycles. The van der Waals surface area contributed by atoms with Gasteiger partial charge >= 0.3 is 6.03 Å². The summed E-state index contributed by atoms with van der Waals surface area (Å²) in [6.07, 6.45) is 8.19. The minimum atomic E-state index is 0.00621. The predicted molar refractivity (Wildman–Crippen MR) is 77.7 cm³/mol. The molecule has 1 aromatic heterocycles. The zero-order chi connectivity index (χ0) is 13.4. The topological polar surface area (TPSA) is 37.3 Å². The number of nitrogens with zero attached hydrogens (tertiary/aromatic N) is 2. The Morgan fingerprint density at radius 2 is 2.37 bits per heavy atom. The monoisotopic (exact) mass is 279 g/mol. The normalized spacial score (nSPS) is 33.4. The average Bonchev–Trinajstić information content (AvgIpc) is 2.89. The number of amides is 1. The van der Waals surface area contributed by atoms with Gasteiger partial charge in [-0.15, -0.1) is 11.8 Å². The smallest absolute Gasteiger partial charge is 0.325 e. The van der Waals surface area contributed by atoms with Gasteiger partial charge in [-0.05, 0) is 44.6 Å². The third-order valence-electron chi connectivity index (χ3n) is 4.50. The Kier molecular flexibility index (Phi) is 3.58. The molecule has 4 heterocycles. The number of aromatic nitrogens is 1. The number of thioether (sulfide) groups is 1. The highest BCUT2D eigenvalue weighted by Gasteiger charge is 2.38. The summed E-state index contributed by atoms with van der Waals surface area (Å²) in [4.78, 5) is 15.8. The summed E-state index contributed by atoms with van der Waals surface area (Å²) in [6, 6.07) is 2.98. The molecule has 3 aliphatic heterocycles. The number of fused-ring (bicyclic) bond motifs is 3. The van der Waals surface area contributed by atoms with Crippen LogP contribution in [0.4, 0.5) is 4.79 Å². The molecule has 3 aliphatic rings. The van der Waals surface area contributed by atoms with Crippen LogP contribution >= 0.6 is 11.8 Å². The molecule has 19 heavy (non-hydrogen) atoms. The molecular weight excluding hydrogens is 258 g/mol. The molecule has 4 rings (SSSR count). The Balaban J connectivity index is 1.64. The van der Waals surface area contributed by atoms with Crippen molar-refractivity contribution in [3.8, 4) is 0 Å². The highest BCUT2D eigenvalue weighted by atomic mass is 32.2. The fourth-order valence-electron chi connectivity index (χ4n) is 3.32. The van der Waals surface area contributed by atoms with E-state index in [1.807, 2.05) is 24.7 Å². The number of hydrogen-bond donors (Lipinski definition) is 1.